The van der Waals surface area contributed by atoms with E-state index in [1.807, 2.05) is 13.0 Å². The minimum absolute atomic E-state index is 0.0268. The zero-order chi connectivity index (χ0) is 15.9. The van der Waals surface area contributed by atoms with E-state index < -0.39 is 0 Å². The van der Waals surface area contributed by atoms with Crippen LogP contribution < -0.4 is 5.32 Å². The highest BCUT2D eigenvalue weighted by molar-refractivity contribution is 5.74. The van der Waals surface area contributed by atoms with Gasteiger partial charge >= 0.3 is 6.03 Å². The third-order valence-corrected chi connectivity index (χ3v) is 3.72. The lowest BCUT2D eigenvalue weighted by atomic mass is 9.79. The molecule has 0 fully saturated rings. The first-order valence-electron chi connectivity index (χ1n) is 7.43. The van der Waals surface area contributed by atoms with Gasteiger partial charge in [0, 0.05) is 26.7 Å². The van der Waals surface area contributed by atoms with Crippen molar-refractivity contribution in [3.05, 3.63) is 35.9 Å². The van der Waals surface area contributed by atoms with E-state index in [1.54, 1.807) is 19.1 Å². The molecule has 1 aromatic carbocycles. The SMILES string of the molecule is COCCN(C)C(=O)NC(C)CC(C)(C)c1ccccc1. The maximum atomic E-state index is 12.0. The molecule has 0 aliphatic rings. The molecule has 21 heavy (non-hydrogen) atoms. The van der Waals surface area contributed by atoms with Crippen molar-refractivity contribution in [3.8, 4) is 0 Å². The molecule has 4 nitrogen and oxygen atoms in total. The summed E-state index contributed by atoms with van der Waals surface area (Å²) in [6, 6.07) is 10.5. The largest absolute Gasteiger partial charge is 0.383 e. The number of amides is 2. The highest BCUT2D eigenvalue weighted by atomic mass is 16.5. The van der Waals surface area contributed by atoms with Crippen LogP contribution in [0.25, 0.3) is 0 Å². The van der Waals surface area contributed by atoms with E-state index in [0.29, 0.717) is 13.2 Å². The summed E-state index contributed by atoms with van der Waals surface area (Å²) in [4.78, 5) is 13.7. The van der Waals surface area contributed by atoms with Crippen LogP contribution >= 0.6 is 0 Å². The van der Waals surface area contributed by atoms with Gasteiger partial charge in [0.15, 0.2) is 0 Å². The monoisotopic (exact) mass is 292 g/mol. The van der Waals surface area contributed by atoms with E-state index in [1.165, 1.54) is 5.56 Å². The van der Waals surface area contributed by atoms with Crippen molar-refractivity contribution < 1.29 is 9.53 Å². The van der Waals surface area contributed by atoms with Gasteiger partial charge in [0.2, 0.25) is 0 Å². The van der Waals surface area contributed by atoms with Crippen LogP contribution in [0.4, 0.5) is 4.79 Å². The highest BCUT2D eigenvalue weighted by Gasteiger charge is 2.24. The van der Waals surface area contributed by atoms with Crippen LogP contribution in [0.1, 0.15) is 32.8 Å². The number of rotatable bonds is 7. The summed E-state index contributed by atoms with van der Waals surface area (Å²) in [6.45, 7) is 7.61. The van der Waals surface area contributed by atoms with Crippen molar-refractivity contribution in [2.45, 2.75) is 38.6 Å². The lowest BCUT2D eigenvalue weighted by molar-refractivity contribution is 0.157. The van der Waals surface area contributed by atoms with Crippen LogP contribution in [0.3, 0.4) is 0 Å². The Morgan fingerprint density at radius 1 is 1.33 bits per heavy atom. The number of hydrogen-bond acceptors (Lipinski definition) is 2. The molecule has 0 aromatic heterocycles. The van der Waals surface area contributed by atoms with E-state index >= 15 is 0 Å². The van der Waals surface area contributed by atoms with Gasteiger partial charge in [-0.05, 0) is 24.3 Å². The summed E-state index contributed by atoms with van der Waals surface area (Å²) >= 11 is 0. The van der Waals surface area contributed by atoms with Gasteiger partial charge in [0.05, 0.1) is 6.61 Å². The maximum Gasteiger partial charge on any atom is 0.317 e. The van der Waals surface area contributed by atoms with Crippen molar-refractivity contribution in [1.82, 2.24) is 10.2 Å². The van der Waals surface area contributed by atoms with E-state index in [-0.39, 0.29) is 17.5 Å². The number of carbonyl (C=O) groups excluding carboxylic acids is 1. The summed E-state index contributed by atoms with van der Waals surface area (Å²) in [5.41, 5.74) is 1.32. The van der Waals surface area contributed by atoms with Gasteiger partial charge < -0.3 is 15.0 Å². The number of ether oxygens (including phenoxy) is 1. The molecule has 4 heteroatoms. The van der Waals surface area contributed by atoms with E-state index in [9.17, 15) is 4.79 Å². The van der Waals surface area contributed by atoms with Gasteiger partial charge in [-0.15, -0.1) is 0 Å². The molecule has 0 saturated carbocycles. The first kappa shape index (κ1) is 17.5. The first-order valence-corrected chi connectivity index (χ1v) is 7.43. The van der Waals surface area contributed by atoms with E-state index in [0.717, 1.165) is 6.42 Å². The third kappa shape index (κ3) is 5.76. The number of methoxy groups -OCH3 is 1. The molecular formula is C17H28N2O2. The molecule has 0 radical (unpaired) electrons. The number of likely N-dealkylation sites (N-methyl/N-ethyl adjacent to an activating group) is 1. The van der Waals surface area contributed by atoms with E-state index in [4.69, 9.17) is 4.74 Å². The predicted octanol–water partition coefficient (Wildman–Crippen LogP) is 3.03. The average Bonchev–Trinajstić information content (AvgIpc) is 2.44. The first-order chi connectivity index (χ1) is 9.86. The number of nitrogens with zero attached hydrogens (tertiary/aromatic N) is 1. The zero-order valence-corrected chi connectivity index (χ0v) is 13.8. The molecule has 1 rings (SSSR count). The summed E-state index contributed by atoms with van der Waals surface area (Å²) in [5, 5.41) is 3.05. The maximum absolute atomic E-state index is 12.0. The van der Waals surface area contributed by atoms with Crippen LogP contribution in [0.15, 0.2) is 30.3 Å². The summed E-state index contributed by atoms with van der Waals surface area (Å²) in [7, 11) is 3.42. The molecule has 1 atom stereocenters. The summed E-state index contributed by atoms with van der Waals surface area (Å²) in [6.07, 6.45) is 0.890. The normalized spacial score (nSPS) is 12.8. The Hall–Kier alpha value is -1.55. The fourth-order valence-corrected chi connectivity index (χ4v) is 2.47. The van der Waals surface area contributed by atoms with Crippen molar-refractivity contribution in [3.63, 3.8) is 0 Å². The second kappa shape index (κ2) is 8.03. The Kier molecular flexibility index (Phi) is 6.69. The van der Waals surface area contributed by atoms with Crippen molar-refractivity contribution in [2.24, 2.45) is 0 Å². The Morgan fingerprint density at radius 2 is 1.95 bits per heavy atom. The molecule has 1 N–H and O–H groups in total. The minimum atomic E-state index is -0.0524. The Bertz CT molecular complexity index is 432. The lowest BCUT2D eigenvalue weighted by Gasteiger charge is -2.30. The Balaban J connectivity index is 2.53. The predicted molar refractivity (Wildman–Crippen MR) is 86.6 cm³/mol. The van der Waals surface area contributed by atoms with Gasteiger partial charge in [0.25, 0.3) is 0 Å². The smallest absolute Gasteiger partial charge is 0.317 e. The number of nitrogens with one attached hydrogen (secondary N) is 1. The molecule has 1 unspecified atom stereocenters. The van der Waals surface area contributed by atoms with Crippen LogP contribution in [0.5, 0.6) is 0 Å². The average molecular weight is 292 g/mol. The molecule has 0 heterocycles. The molecule has 1 aromatic rings. The Morgan fingerprint density at radius 3 is 2.52 bits per heavy atom. The van der Waals surface area contributed by atoms with Gasteiger partial charge in [-0.2, -0.15) is 0 Å². The van der Waals surface area contributed by atoms with Crippen molar-refractivity contribution in [2.75, 3.05) is 27.3 Å². The standard InChI is InChI=1S/C17H28N2O2/c1-14(18-16(20)19(4)11-12-21-5)13-17(2,3)15-9-7-6-8-10-15/h6-10,14H,11-13H2,1-5H3,(H,18,20). The highest BCUT2D eigenvalue weighted by Crippen LogP contribution is 2.28. The van der Waals surface area contributed by atoms with Crippen LogP contribution in [-0.2, 0) is 10.2 Å². The van der Waals surface area contributed by atoms with Crippen molar-refractivity contribution in [1.29, 1.82) is 0 Å². The number of benzene rings is 1. The molecule has 0 aliphatic carbocycles. The minimum Gasteiger partial charge on any atom is -0.383 e. The fraction of sp³-hybridized carbons (Fsp3) is 0.588. The molecule has 118 valence electrons. The topological polar surface area (TPSA) is 41.6 Å². The molecule has 0 bridgehead atoms. The van der Waals surface area contributed by atoms with Crippen LogP contribution in [-0.4, -0.2) is 44.3 Å². The second-order valence-corrected chi connectivity index (χ2v) is 6.22. The van der Waals surface area contributed by atoms with Gasteiger partial charge in [-0.25, -0.2) is 4.79 Å². The Labute approximate surface area is 128 Å². The molecule has 0 spiro atoms. The molecular weight excluding hydrogens is 264 g/mol. The van der Waals surface area contributed by atoms with Crippen LogP contribution in [0, 0.1) is 0 Å². The quantitative estimate of drug-likeness (QED) is 0.839. The summed E-state index contributed by atoms with van der Waals surface area (Å²) < 4.78 is 4.98. The second-order valence-electron chi connectivity index (χ2n) is 6.22. The number of carbonyl (C=O) groups is 1. The summed E-state index contributed by atoms with van der Waals surface area (Å²) in [5.74, 6) is 0. The zero-order valence-electron chi connectivity index (χ0n) is 13.8. The van der Waals surface area contributed by atoms with Crippen LogP contribution in [0.2, 0.25) is 0 Å². The lowest BCUT2D eigenvalue weighted by Crippen LogP contribution is -2.44. The van der Waals surface area contributed by atoms with Gasteiger partial charge in [0.1, 0.15) is 0 Å². The fourth-order valence-electron chi connectivity index (χ4n) is 2.47. The molecule has 0 aliphatic heterocycles. The number of urea groups is 1. The molecule has 0 saturated heterocycles. The van der Waals surface area contributed by atoms with E-state index in [2.05, 4.69) is 43.4 Å². The third-order valence-electron chi connectivity index (χ3n) is 3.72. The van der Waals surface area contributed by atoms with Gasteiger partial charge in [-0.1, -0.05) is 44.2 Å². The van der Waals surface area contributed by atoms with Crippen molar-refractivity contribution >= 4 is 6.03 Å². The number of hydrogen-bond donors (Lipinski definition) is 1. The molecule has 2 amide bonds. The van der Waals surface area contributed by atoms with Gasteiger partial charge in [-0.3, -0.25) is 0 Å².